The van der Waals surface area contributed by atoms with Crippen molar-refractivity contribution in [2.45, 2.75) is 31.3 Å². The van der Waals surface area contributed by atoms with Crippen LogP contribution < -0.4 is 5.73 Å². The maximum atomic E-state index is 9.12. The average molecular weight is 229 g/mol. The fourth-order valence-electron chi connectivity index (χ4n) is 2.48. The second-order valence-electron chi connectivity index (χ2n) is 4.93. The van der Waals surface area contributed by atoms with Crippen molar-refractivity contribution in [1.29, 1.82) is 5.26 Å². The highest BCUT2D eigenvalue weighted by atomic mass is 15.2. The van der Waals surface area contributed by atoms with Gasteiger partial charge in [-0.3, -0.25) is 4.90 Å². The van der Waals surface area contributed by atoms with Crippen LogP contribution in [0.3, 0.4) is 0 Å². The molecule has 1 aliphatic heterocycles. The number of benzene rings is 1. The van der Waals surface area contributed by atoms with Gasteiger partial charge in [0.15, 0.2) is 0 Å². The normalized spacial score (nSPS) is 27.4. The Morgan fingerprint density at radius 1 is 1.41 bits per heavy atom. The maximum Gasteiger partial charge on any atom is 0.117 e. The molecule has 0 amide bonds. The third kappa shape index (κ3) is 2.66. The quantitative estimate of drug-likeness (QED) is 0.844. The van der Waals surface area contributed by atoms with Gasteiger partial charge in [-0.25, -0.2) is 0 Å². The lowest BCUT2D eigenvalue weighted by Crippen LogP contribution is -2.53. The van der Waals surface area contributed by atoms with Gasteiger partial charge in [0.2, 0.25) is 0 Å². The predicted octanol–water partition coefficient (Wildman–Crippen LogP) is 2.06. The molecule has 3 nitrogen and oxygen atoms in total. The number of hydrogen-bond donors (Lipinski definition) is 1. The summed E-state index contributed by atoms with van der Waals surface area (Å²) in [4.78, 5) is 2.31. The minimum atomic E-state index is -0.665. The lowest BCUT2D eigenvalue weighted by molar-refractivity contribution is 0.136. The summed E-state index contributed by atoms with van der Waals surface area (Å²) in [5.74, 6) is 0. The highest BCUT2D eigenvalue weighted by molar-refractivity contribution is 5.19. The van der Waals surface area contributed by atoms with Crippen LogP contribution in [0.4, 0.5) is 0 Å². The molecule has 0 spiro atoms. The van der Waals surface area contributed by atoms with E-state index in [1.165, 1.54) is 5.56 Å². The molecule has 2 N–H and O–H groups in total. The fourth-order valence-corrected chi connectivity index (χ4v) is 2.48. The summed E-state index contributed by atoms with van der Waals surface area (Å²) in [5, 5.41) is 9.12. The molecule has 2 unspecified atom stereocenters. The Balaban J connectivity index is 2.11. The molecule has 1 heterocycles. The van der Waals surface area contributed by atoms with Crippen molar-refractivity contribution < 1.29 is 0 Å². The molecule has 1 fully saturated rings. The second-order valence-corrected chi connectivity index (χ2v) is 4.93. The van der Waals surface area contributed by atoms with Crippen molar-refractivity contribution in [2.24, 2.45) is 5.73 Å². The molecular formula is C14H19N3. The molecule has 1 saturated heterocycles. The lowest BCUT2D eigenvalue weighted by atomic mass is 9.90. The highest BCUT2D eigenvalue weighted by Crippen LogP contribution is 2.27. The maximum absolute atomic E-state index is 9.12. The molecule has 0 bridgehead atoms. The molecule has 0 saturated carbocycles. The van der Waals surface area contributed by atoms with Crippen LogP contribution in [0.25, 0.3) is 0 Å². The lowest BCUT2D eigenvalue weighted by Gasteiger charge is -2.39. The van der Waals surface area contributed by atoms with Crippen molar-refractivity contribution in [3.63, 3.8) is 0 Å². The zero-order chi connectivity index (χ0) is 12.3. The van der Waals surface area contributed by atoms with Crippen LogP contribution >= 0.6 is 0 Å². The minimum Gasteiger partial charge on any atom is -0.312 e. The molecule has 0 aromatic heterocycles. The molecule has 0 radical (unpaired) electrons. The van der Waals surface area contributed by atoms with Crippen molar-refractivity contribution in [3.8, 4) is 6.07 Å². The summed E-state index contributed by atoms with van der Waals surface area (Å²) in [6.45, 7) is 3.87. The van der Waals surface area contributed by atoms with E-state index in [1.807, 2.05) is 6.07 Å². The molecule has 1 aliphatic rings. The monoisotopic (exact) mass is 229 g/mol. The number of piperidine rings is 1. The van der Waals surface area contributed by atoms with Gasteiger partial charge in [-0.05, 0) is 31.9 Å². The van der Waals surface area contributed by atoms with Crippen molar-refractivity contribution >= 4 is 0 Å². The van der Waals surface area contributed by atoms with E-state index >= 15 is 0 Å². The first-order valence-electron chi connectivity index (χ1n) is 6.14. The van der Waals surface area contributed by atoms with Gasteiger partial charge in [0.1, 0.15) is 5.54 Å². The summed E-state index contributed by atoms with van der Waals surface area (Å²) in [6.07, 6.45) is 1.81. The first-order valence-corrected chi connectivity index (χ1v) is 6.14. The van der Waals surface area contributed by atoms with Crippen molar-refractivity contribution in [1.82, 2.24) is 4.90 Å². The van der Waals surface area contributed by atoms with Crippen LogP contribution in [0.1, 0.15) is 31.4 Å². The van der Waals surface area contributed by atoms with E-state index in [9.17, 15) is 0 Å². The zero-order valence-electron chi connectivity index (χ0n) is 10.3. The molecule has 90 valence electrons. The smallest absolute Gasteiger partial charge is 0.117 e. The largest absolute Gasteiger partial charge is 0.312 e. The van der Waals surface area contributed by atoms with Crippen molar-refractivity contribution in [3.05, 3.63) is 35.9 Å². The topological polar surface area (TPSA) is 53.0 Å². The number of nitrogens with zero attached hydrogens (tertiary/aromatic N) is 2. The standard InChI is InChI=1S/C14H19N3/c1-12(13-6-3-2-4-7-13)17-9-5-8-14(16,10-15)11-17/h2-4,6-7,12H,5,8-9,11,16H2,1H3. The highest BCUT2D eigenvalue weighted by Gasteiger charge is 2.33. The Bertz CT molecular complexity index is 409. The van der Waals surface area contributed by atoms with E-state index in [0.717, 1.165) is 19.4 Å². The Kier molecular flexibility index (Phi) is 3.46. The van der Waals surface area contributed by atoms with Gasteiger partial charge >= 0.3 is 0 Å². The number of nitriles is 1. The van der Waals surface area contributed by atoms with Crippen molar-refractivity contribution in [2.75, 3.05) is 13.1 Å². The molecule has 2 rings (SSSR count). The summed E-state index contributed by atoms with van der Waals surface area (Å²) < 4.78 is 0. The van der Waals surface area contributed by atoms with Gasteiger partial charge in [0.25, 0.3) is 0 Å². The van der Waals surface area contributed by atoms with E-state index in [2.05, 4.69) is 42.2 Å². The summed E-state index contributed by atoms with van der Waals surface area (Å²) >= 11 is 0. The van der Waals surface area contributed by atoms with Gasteiger partial charge in [0.05, 0.1) is 6.07 Å². The molecule has 2 atom stereocenters. The third-order valence-electron chi connectivity index (χ3n) is 3.61. The number of rotatable bonds is 2. The fraction of sp³-hybridized carbons (Fsp3) is 0.500. The van der Waals surface area contributed by atoms with Gasteiger partial charge in [0, 0.05) is 12.6 Å². The van der Waals surface area contributed by atoms with Gasteiger partial charge in [-0.1, -0.05) is 30.3 Å². The van der Waals surface area contributed by atoms with Crippen LogP contribution in [0.5, 0.6) is 0 Å². The van der Waals surface area contributed by atoms with Gasteiger partial charge < -0.3 is 5.73 Å². The SMILES string of the molecule is CC(c1ccccc1)N1CCCC(N)(C#N)C1. The minimum absolute atomic E-state index is 0.327. The Morgan fingerprint density at radius 3 is 2.76 bits per heavy atom. The second kappa shape index (κ2) is 4.87. The third-order valence-corrected chi connectivity index (χ3v) is 3.61. The van der Waals surface area contributed by atoms with Crippen LogP contribution in [0.2, 0.25) is 0 Å². The Morgan fingerprint density at radius 2 is 2.12 bits per heavy atom. The zero-order valence-corrected chi connectivity index (χ0v) is 10.3. The average Bonchev–Trinajstić information content (AvgIpc) is 2.39. The molecule has 0 aliphatic carbocycles. The van der Waals surface area contributed by atoms with Crippen LogP contribution in [0, 0.1) is 11.3 Å². The summed E-state index contributed by atoms with van der Waals surface area (Å²) in [5.41, 5.74) is 6.68. The Labute approximate surface area is 103 Å². The number of hydrogen-bond acceptors (Lipinski definition) is 3. The van der Waals surface area contributed by atoms with E-state index in [-0.39, 0.29) is 0 Å². The van der Waals surface area contributed by atoms with Gasteiger partial charge in [-0.15, -0.1) is 0 Å². The summed E-state index contributed by atoms with van der Waals surface area (Å²) in [6, 6.07) is 13.0. The van der Waals surface area contributed by atoms with E-state index in [0.29, 0.717) is 12.6 Å². The van der Waals surface area contributed by atoms with Crippen LogP contribution in [-0.4, -0.2) is 23.5 Å². The molecule has 17 heavy (non-hydrogen) atoms. The number of likely N-dealkylation sites (tertiary alicyclic amines) is 1. The van der Waals surface area contributed by atoms with Crippen LogP contribution in [-0.2, 0) is 0 Å². The van der Waals surface area contributed by atoms with Crippen LogP contribution in [0.15, 0.2) is 30.3 Å². The first kappa shape index (κ1) is 12.1. The molecule has 1 aromatic carbocycles. The molecule has 3 heteroatoms. The van der Waals surface area contributed by atoms with Gasteiger partial charge in [-0.2, -0.15) is 5.26 Å². The number of nitrogens with two attached hydrogens (primary N) is 1. The Hall–Kier alpha value is -1.37. The predicted molar refractivity (Wildman–Crippen MR) is 68.2 cm³/mol. The molecule has 1 aromatic rings. The van der Waals surface area contributed by atoms with E-state index in [4.69, 9.17) is 11.0 Å². The van der Waals surface area contributed by atoms with E-state index < -0.39 is 5.54 Å². The first-order chi connectivity index (χ1) is 8.14. The van der Waals surface area contributed by atoms with E-state index in [1.54, 1.807) is 0 Å². The molecular weight excluding hydrogens is 210 g/mol. The summed E-state index contributed by atoms with van der Waals surface area (Å²) in [7, 11) is 0.